The summed E-state index contributed by atoms with van der Waals surface area (Å²) in [7, 11) is 1.73. The first kappa shape index (κ1) is 35.6. The van der Waals surface area contributed by atoms with E-state index in [1.807, 2.05) is 30.3 Å². The quantitative estimate of drug-likeness (QED) is 0.0451. The van der Waals surface area contributed by atoms with Crippen LogP contribution in [-0.4, -0.2) is 38.7 Å². The van der Waals surface area contributed by atoms with E-state index in [9.17, 15) is 4.79 Å². The highest BCUT2D eigenvalue weighted by Gasteiger charge is 2.08. The maximum absolute atomic E-state index is 11.8. The van der Waals surface area contributed by atoms with Gasteiger partial charge in [-0.15, -0.1) is 0 Å². The van der Waals surface area contributed by atoms with Gasteiger partial charge in [-0.3, -0.25) is 4.79 Å². The Morgan fingerprint density at radius 1 is 0.667 bits per heavy atom. The fourth-order valence-corrected chi connectivity index (χ4v) is 4.72. The molecular formula is C34H60O5. The number of unbranched alkanes of at least 4 members (excludes halogenated alkanes) is 16. The molecule has 1 rings (SSSR count). The molecule has 0 saturated carbocycles. The number of esters is 1. The molecule has 0 radical (unpaired) electrons. The van der Waals surface area contributed by atoms with E-state index in [4.69, 9.17) is 18.9 Å². The molecule has 0 aliphatic rings. The molecule has 1 aromatic carbocycles. The number of methoxy groups -OCH3 is 1. The summed E-state index contributed by atoms with van der Waals surface area (Å²) in [5.74, 6) is 0.532. The van der Waals surface area contributed by atoms with Crippen LogP contribution in [0.3, 0.4) is 0 Å². The summed E-state index contributed by atoms with van der Waals surface area (Å²) in [5, 5.41) is 0. The number of benzene rings is 1. The maximum Gasteiger partial charge on any atom is 0.311 e. The molecule has 2 atom stereocenters. The summed E-state index contributed by atoms with van der Waals surface area (Å²) in [6.07, 6.45) is 24.9. The van der Waals surface area contributed by atoms with E-state index >= 15 is 0 Å². The number of carbonyl (C=O) groups is 1. The topological polar surface area (TPSA) is 54.0 Å². The van der Waals surface area contributed by atoms with Crippen LogP contribution < -0.4 is 4.74 Å². The van der Waals surface area contributed by atoms with E-state index in [1.54, 1.807) is 7.11 Å². The van der Waals surface area contributed by atoms with E-state index in [0.29, 0.717) is 31.5 Å². The molecule has 0 fully saturated rings. The van der Waals surface area contributed by atoms with Gasteiger partial charge in [0.2, 0.25) is 0 Å². The van der Waals surface area contributed by atoms with Gasteiger partial charge in [0.1, 0.15) is 5.75 Å². The maximum atomic E-state index is 11.8. The van der Waals surface area contributed by atoms with Crippen LogP contribution in [0.25, 0.3) is 0 Å². The molecule has 0 aliphatic carbocycles. The zero-order valence-corrected chi connectivity index (χ0v) is 25.6. The summed E-state index contributed by atoms with van der Waals surface area (Å²) in [5.41, 5.74) is 0. The number of ether oxygens (including phenoxy) is 4. The zero-order chi connectivity index (χ0) is 28.2. The van der Waals surface area contributed by atoms with Crippen LogP contribution in [0.1, 0.15) is 142 Å². The third-order valence-corrected chi connectivity index (χ3v) is 7.42. The number of para-hydroxylation sites is 1. The SMILES string of the molecule is CCC(C)OCCOC(CCCCCCCCCCCCCCCCCCCC(=O)Oc1ccccc1)OC. The van der Waals surface area contributed by atoms with Crippen molar-refractivity contribution in [2.45, 2.75) is 155 Å². The van der Waals surface area contributed by atoms with Crippen molar-refractivity contribution < 1.29 is 23.7 Å². The van der Waals surface area contributed by atoms with Gasteiger partial charge in [-0.25, -0.2) is 0 Å². The second-order valence-electron chi connectivity index (χ2n) is 11.0. The first-order valence-electron chi connectivity index (χ1n) is 16.2. The average Bonchev–Trinajstić information content (AvgIpc) is 2.95. The minimum atomic E-state index is -0.113. The minimum Gasteiger partial charge on any atom is -0.427 e. The smallest absolute Gasteiger partial charge is 0.311 e. The number of hydrogen-bond acceptors (Lipinski definition) is 5. The average molecular weight is 549 g/mol. The van der Waals surface area contributed by atoms with E-state index in [-0.39, 0.29) is 12.3 Å². The fraction of sp³-hybridized carbons (Fsp3) is 0.794. The molecule has 0 amide bonds. The molecule has 0 bridgehead atoms. The second kappa shape index (κ2) is 26.8. The summed E-state index contributed by atoms with van der Waals surface area (Å²) in [6.45, 7) is 5.49. The number of rotatable bonds is 28. The first-order valence-corrected chi connectivity index (χ1v) is 16.2. The minimum absolute atomic E-state index is 0.0895. The van der Waals surface area contributed by atoms with Crippen molar-refractivity contribution in [2.24, 2.45) is 0 Å². The van der Waals surface area contributed by atoms with Gasteiger partial charge in [-0.05, 0) is 44.7 Å². The molecule has 39 heavy (non-hydrogen) atoms. The van der Waals surface area contributed by atoms with Gasteiger partial charge in [-0.2, -0.15) is 0 Å². The normalized spacial score (nSPS) is 12.9. The predicted molar refractivity (Wildman–Crippen MR) is 162 cm³/mol. The van der Waals surface area contributed by atoms with Crippen LogP contribution in [0, 0.1) is 0 Å². The summed E-state index contributed by atoms with van der Waals surface area (Å²) >= 11 is 0. The van der Waals surface area contributed by atoms with Crippen molar-refractivity contribution in [3.63, 3.8) is 0 Å². The van der Waals surface area contributed by atoms with E-state index in [2.05, 4.69) is 13.8 Å². The van der Waals surface area contributed by atoms with Gasteiger partial charge in [0.05, 0.1) is 19.3 Å². The van der Waals surface area contributed by atoms with E-state index < -0.39 is 0 Å². The lowest BCUT2D eigenvalue weighted by Crippen LogP contribution is -2.20. The molecule has 1 aromatic rings. The number of carbonyl (C=O) groups excluding carboxylic acids is 1. The molecule has 0 aliphatic heterocycles. The van der Waals surface area contributed by atoms with Crippen molar-refractivity contribution in [3.8, 4) is 5.75 Å². The van der Waals surface area contributed by atoms with Crippen molar-refractivity contribution in [2.75, 3.05) is 20.3 Å². The zero-order valence-electron chi connectivity index (χ0n) is 25.6. The molecule has 5 heteroatoms. The van der Waals surface area contributed by atoms with Gasteiger partial charge >= 0.3 is 5.97 Å². The third kappa shape index (κ3) is 23.0. The molecule has 0 saturated heterocycles. The highest BCUT2D eigenvalue weighted by Crippen LogP contribution is 2.16. The molecule has 0 heterocycles. The number of hydrogen-bond donors (Lipinski definition) is 0. The monoisotopic (exact) mass is 548 g/mol. The molecule has 5 nitrogen and oxygen atoms in total. The Labute approximate surface area is 240 Å². The highest BCUT2D eigenvalue weighted by molar-refractivity contribution is 5.72. The largest absolute Gasteiger partial charge is 0.427 e. The molecule has 0 N–H and O–H groups in total. The van der Waals surface area contributed by atoms with Crippen LogP contribution >= 0.6 is 0 Å². The summed E-state index contributed by atoms with van der Waals surface area (Å²) in [4.78, 5) is 11.8. The molecular weight excluding hydrogens is 488 g/mol. The highest BCUT2D eigenvalue weighted by atomic mass is 16.7. The third-order valence-electron chi connectivity index (χ3n) is 7.42. The lowest BCUT2D eigenvalue weighted by Gasteiger charge is -2.17. The van der Waals surface area contributed by atoms with Crippen molar-refractivity contribution >= 4 is 5.97 Å². The molecule has 226 valence electrons. The Balaban J connectivity index is 1.75. The fourth-order valence-electron chi connectivity index (χ4n) is 4.72. The van der Waals surface area contributed by atoms with Gasteiger partial charge in [0.15, 0.2) is 6.29 Å². The Kier molecular flexibility index (Phi) is 24.4. The lowest BCUT2D eigenvalue weighted by molar-refractivity contribution is -0.141. The van der Waals surface area contributed by atoms with Gasteiger partial charge < -0.3 is 18.9 Å². The van der Waals surface area contributed by atoms with E-state index in [0.717, 1.165) is 25.7 Å². The van der Waals surface area contributed by atoms with Crippen LogP contribution in [0.2, 0.25) is 0 Å². The second-order valence-corrected chi connectivity index (χ2v) is 11.0. The van der Waals surface area contributed by atoms with Crippen LogP contribution in [-0.2, 0) is 19.0 Å². The van der Waals surface area contributed by atoms with Crippen LogP contribution in [0.5, 0.6) is 5.75 Å². The van der Waals surface area contributed by atoms with Crippen LogP contribution in [0.4, 0.5) is 0 Å². The van der Waals surface area contributed by atoms with Gasteiger partial charge in [0, 0.05) is 13.5 Å². The lowest BCUT2D eigenvalue weighted by atomic mass is 10.0. The van der Waals surface area contributed by atoms with Crippen molar-refractivity contribution in [3.05, 3.63) is 30.3 Å². The predicted octanol–water partition coefficient (Wildman–Crippen LogP) is 9.81. The van der Waals surface area contributed by atoms with E-state index in [1.165, 1.54) is 96.3 Å². The van der Waals surface area contributed by atoms with Crippen molar-refractivity contribution in [1.29, 1.82) is 0 Å². The first-order chi connectivity index (χ1) is 19.2. The summed E-state index contributed by atoms with van der Waals surface area (Å²) in [6, 6.07) is 9.34. The molecule has 2 unspecified atom stereocenters. The Morgan fingerprint density at radius 3 is 1.62 bits per heavy atom. The Hall–Kier alpha value is -1.43. The summed E-state index contributed by atoms with van der Waals surface area (Å²) < 4.78 is 22.2. The standard InChI is InChI=1S/C34H60O5/c1-4-31(2)37-29-30-38-34(36-3)28-24-19-17-15-13-11-9-7-5-6-8-10-12-14-16-18-23-27-33(35)39-32-25-21-20-22-26-32/h20-22,25-26,31,34H,4-19,23-24,27-30H2,1-3H3. The van der Waals surface area contributed by atoms with Crippen molar-refractivity contribution in [1.82, 2.24) is 0 Å². The van der Waals surface area contributed by atoms with Gasteiger partial charge in [0.25, 0.3) is 0 Å². The molecule has 0 spiro atoms. The molecule has 0 aromatic heterocycles. The van der Waals surface area contributed by atoms with Gasteiger partial charge in [-0.1, -0.05) is 121 Å². The Bertz CT molecular complexity index is 650. The van der Waals surface area contributed by atoms with Crippen LogP contribution in [0.15, 0.2) is 30.3 Å². The Morgan fingerprint density at radius 2 is 1.13 bits per heavy atom.